The van der Waals surface area contributed by atoms with Gasteiger partial charge in [-0.3, -0.25) is 0 Å². The smallest absolute Gasteiger partial charge is 0.114 e. The van der Waals surface area contributed by atoms with Gasteiger partial charge in [-0.1, -0.05) is 112 Å². The van der Waals surface area contributed by atoms with E-state index in [1.165, 1.54) is 27.8 Å². The fourth-order valence-electron chi connectivity index (χ4n) is 5.90. The third kappa shape index (κ3) is 5.13. The lowest BCUT2D eigenvalue weighted by Crippen LogP contribution is -2.35. The highest BCUT2D eigenvalue weighted by molar-refractivity contribution is 5.85. The lowest BCUT2D eigenvalue weighted by atomic mass is 9.62. The summed E-state index contributed by atoms with van der Waals surface area (Å²) >= 11 is 0. The molecule has 0 aliphatic heterocycles. The van der Waals surface area contributed by atoms with Crippen LogP contribution in [0.2, 0.25) is 0 Å². The number of hydrogen-bond donors (Lipinski definition) is 1. The summed E-state index contributed by atoms with van der Waals surface area (Å²) in [5.41, 5.74) is 7.69. The number of benzene rings is 3. The summed E-state index contributed by atoms with van der Waals surface area (Å²) in [6.07, 6.45) is 17.4. The van der Waals surface area contributed by atoms with Crippen LogP contribution in [0.15, 0.2) is 121 Å². The van der Waals surface area contributed by atoms with E-state index in [4.69, 9.17) is 4.74 Å². The molecule has 0 saturated carbocycles. The molecule has 3 atom stereocenters. The third-order valence-electron chi connectivity index (χ3n) is 7.44. The lowest BCUT2D eigenvalue weighted by molar-refractivity contribution is 0.305. The largest absolute Gasteiger partial charge is 0.497 e. The van der Waals surface area contributed by atoms with Crippen LogP contribution in [0.3, 0.4) is 0 Å². The van der Waals surface area contributed by atoms with Crippen LogP contribution in [-0.4, -0.2) is 13.2 Å². The zero-order valence-electron chi connectivity index (χ0n) is 23.4. The van der Waals surface area contributed by atoms with Crippen LogP contribution >= 0.6 is 0 Å². The molecule has 38 heavy (non-hydrogen) atoms. The molecule has 0 fully saturated rings. The van der Waals surface area contributed by atoms with Crippen molar-refractivity contribution in [3.05, 3.63) is 138 Å². The molecule has 5 rings (SSSR count). The van der Waals surface area contributed by atoms with Gasteiger partial charge in [0.1, 0.15) is 5.76 Å². The van der Waals surface area contributed by atoms with E-state index < -0.39 is 0 Å². The first-order valence-electron chi connectivity index (χ1n) is 14.0. The zero-order valence-corrected chi connectivity index (χ0v) is 23.4. The highest BCUT2D eigenvalue weighted by atomic mass is 16.5. The molecule has 0 bridgehead atoms. The van der Waals surface area contributed by atoms with E-state index in [0.29, 0.717) is 5.92 Å². The zero-order chi connectivity index (χ0) is 27.0. The van der Waals surface area contributed by atoms with Crippen molar-refractivity contribution < 1.29 is 4.74 Å². The number of anilines is 1. The number of nitrogens with one attached hydrogen (secondary N) is 1. The predicted octanol–water partition coefficient (Wildman–Crippen LogP) is 9.46. The average molecular weight is 504 g/mol. The summed E-state index contributed by atoms with van der Waals surface area (Å²) in [4.78, 5) is 0. The van der Waals surface area contributed by atoms with Gasteiger partial charge in [0.2, 0.25) is 0 Å². The van der Waals surface area contributed by atoms with Gasteiger partial charge in [0.05, 0.1) is 12.5 Å². The molecular formula is C36H41NO. The molecule has 3 unspecified atom stereocenters. The van der Waals surface area contributed by atoms with E-state index in [1.807, 2.05) is 13.8 Å². The third-order valence-corrected chi connectivity index (χ3v) is 7.44. The van der Waals surface area contributed by atoms with Crippen molar-refractivity contribution in [3.8, 4) is 11.1 Å². The first kappa shape index (κ1) is 27.3. The van der Waals surface area contributed by atoms with Gasteiger partial charge in [0, 0.05) is 11.7 Å². The first-order valence-corrected chi connectivity index (χ1v) is 14.0. The Labute approximate surface area is 229 Å². The van der Waals surface area contributed by atoms with Crippen LogP contribution in [0.25, 0.3) is 11.1 Å². The van der Waals surface area contributed by atoms with Gasteiger partial charge >= 0.3 is 0 Å². The Balaban J connectivity index is 0.00000164. The Bertz CT molecular complexity index is 1330. The van der Waals surface area contributed by atoms with Crippen molar-refractivity contribution in [1.82, 2.24) is 0 Å². The average Bonchev–Trinajstić information content (AvgIpc) is 3.27. The van der Waals surface area contributed by atoms with E-state index in [-0.39, 0.29) is 11.5 Å². The van der Waals surface area contributed by atoms with Gasteiger partial charge in [0.15, 0.2) is 0 Å². The van der Waals surface area contributed by atoms with Crippen molar-refractivity contribution in [1.29, 1.82) is 0 Å². The van der Waals surface area contributed by atoms with Crippen molar-refractivity contribution in [2.75, 3.05) is 12.4 Å². The number of fused-ring (bicyclic) bond motifs is 3. The Morgan fingerprint density at radius 2 is 1.71 bits per heavy atom. The van der Waals surface area contributed by atoms with Crippen LogP contribution in [0.5, 0.6) is 0 Å². The minimum absolute atomic E-state index is 0.158. The maximum absolute atomic E-state index is 5.47. The van der Waals surface area contributed by atoms with Gasteiger partial charge in [-0.25, -0.2) is 0 Å². The second-order valence-electron chi connectivity index (χ2n) is 9.65. The van der Waals surface area contributed by atoms with E-state index in [2.05, 4.69) is 134 Å². The Morgan fingerprint density at radius 3 is 2.42 bits per heavy atom. The summed E-state index contributed by atoms with van der Waals surface area (Å²) in [6, 6.07) is 27.1. The molecule has 2 nitrogen and oxygen atoms in total. The number of rotatable bonds is 8. The Kier molecular flexibility index (Phi) is 9.07. The minimum Gasteiger partial charge on any atom is -0.497 e. The molecule has 2 heteroatoms. The fourth-order valence-corrected chi connectivity index (χ4v) is 5.90. The number of allylic oxidation sites excluding steroid dienone is 6. The second kappa shape index (κ2) is 12.6. The van der Waals surface area contributed by atoms with E-state index in [1.54, 1.807) is 7.11 Å². The summed E-state index contributed by atoms with van der Waals surface area (Å²) < 4.78 is 5.47. The van der Waals surface area contributed by atoms with Gasteiger partial charge in [-0.05, 0) is 77.8 Å². The predicted molar refractivity (Wildman–Crippen MR) is 164 cm³/mol. The van der Waals surface area contributed by atoms with Gasteiger partial charge < -0.3 is 10.1 Å². The molecule has 0 aromatic heterocycles. The maximum Gasteiger partial charge on any atom is 0.114 e. The molecule has 1 N–H and O–H groups in total. The standard InChI is InChI=1S/C34H35NO.C2H6/c1-4-13-29(36-3)22-20-25(2)35-28-21-23-31-30-18-11-12-19-32(30)34(33(31)24-28,26-14-7-5-8-15-26)27-16-9-6-10-17-27;1-2/h5-16,18-25,27,35H,4,17H2,1-3H3;1-2H3/b22-20-,29-13+;. The van der Waals surface area contributed by atoms with E-state index in [9.17, 15) is 0 Å². The molecule has 0 saturated heterocycles. The van der Waals surface area contributed by atoms with Crippen molar-refractivity contribution in [3.63, 3.8) is 0 Å². The second-order valence-corrected chi connectivity index (χ2v) is 9.65. The molecule has 0 amide bonds. The SMILES string of the molecule is CC.CC/C=C(\C=C/C(C)Nc1ccc2c(c1)C(c1ccccc1)(C1C=CC=CC1)c1ccccc1-2)OC. The number of methoxy groups -OCH3 is 1. The number of hydrogen-bond acceptors (Lipinski definition) is 2. The Hall–Kier alpha value is -3.78. The highest BCUT2D eigenvalue weighted by Crippen LogP contribution is 2.58. The molecule has 0 spiro atoms. The van der Waals surface area contributed by atoms with Gasteiger partial charge in [-0.2, -0.15) is 0 Å². The maximum atomic E-state index is 5.47. The molecule has 0 radical (unpaired) electrons. The summed E-state index contributed by atoms with van der Waals surface area (Å²) in [5, 5.41) is 3.71. The molecule has 196 valence electrons. The van der Waals surface area contributed by atoms with Crippen molar-refractivity contribution in [2.24, 2.45) is 5.92 Å². The van der Waals surface area contributed by atoms with Crippen molar-refractivity contribution >= 4 is 5.69 Å². The molecule has 3 aromatic carbocycles. The molecular weight excluding hydrogens is 462 g/mol. The topological polar surface area (TPSA) is 21.3 Å². The van der Waals surface area contributed by atoms with E-state index >= 15 is 0 Å². The molecule has 3 aromatic rings. The summed E-state index contributed by atoms with van der Waals surface area (Å²) in [6.45, 7) is 8.30. The van der Waals surface area contributed by atoms with Gasteiger partial charge in [0.25, 0.3) is 0 Å². The van der Waals surface area contributed by atoms with Crippen LogP contribution < -0.4 is 5.32 Å². The fraction of sp³-hybridized carbons (Fsp3) is 0.278. The minimum atomic E-state index is -0.238. The normalized spacial score (nSPS) is 20.3. The Morgan fingerprint density at radius 1 is 0.974 bits per heavy atom. The van der Waals surface area contributed by atoms with Crippen LogP contribution in [0.1, 0.15) is 57.2 Å². The lowest BCUT2D eigenvalue weighted by Gasteiger charge is -2.39. The van der Waals surface area contributed by atoms with Crippen LogP contribution in [-0.2, 0) is 10.2 Å². The van der Waals surface area contributed by atoms with Crippen LogP contribution in [0.4, 0.5) is 5.69 Å². The van der Waals surface area contributed by atoms with Crippen molar-refractivity contribution in [2.45, 2.75) is 52.0 Å². The first-order chi connectivity index (χ1) is 18.7. The monoisotopic (exact) mass is 503 g/mol. The quantitative estimate of drug-likeness (QED) is 0.244. The highest BCUT2D eigenvalue weighted by Gasteiger charge is 2.49. The molecule has 2 aliphatic rings. The van der Waals surface area contributed by atoms with E-state index in [0.717, 1.165) is 24.3 Å². The molecule has 0 heterocycles. The summed E-state index contributed by atoms with van der Waals surface area (Å²) in [7, 11) is 1.72. The van der Waals surface area contributed by atoms with Crippen LogP contribution in [0, 0.1) is 5.92 Å². The molecule has 2 aliphatic carbocycles. The number of ether oxygens (including phenoxy) is 1. The summed E-state index contributed by atoms with van der Waals surface area (Å²) in [5.74, 6) is 1.24. The van der Waals surface area contributed by atoms with Gasteiger partial charge in [-0.15, -0.1) is 0 Å².